The molecule has 0 saturated heterocycles. The summed E-state index contributed by atoms with van der Waals surface area (Å²) in [4.78, 5) is 40.6. The highest BCUT2D eigenvalue weighted by atomic mass is 31.2. The number of H-pyrrole nitrogens is 2. The van der Waals surface area contributed by atoms with Crippen molar-refractivity contribution in [1.82, 2.24) is 15.0 Å². The highest BCUT2D eigenvalue weighted by molar-refractivity contribution is 7.53. The smallest absolute Gasteiger partial charge is 0.351 e. The molecular formula is C10H13N4O4P. The quantitative estimate of drug-likeness (QED) is 0.475. The molecule has 19 heavy (non-hydrogen) atoms. The first-order valence-electron chi connectivity index (χ1n) is 5.31. The largest absolute Gasteiger partial charge is 0.354 e. The summed E-state index contributed by atoms with van der Waals surface area (Å²) >= 11 is 0. The molecule has 2 heterocycles. The minimum atomic E-state index is -4.38. The predicted molar refractivity (Wildman–Crippen MR) is 71.1 cm³/mol. The molecular weight excluding hydrogens is 271 g/mol. The van der Waals surface area contributed by atoms with Crippen LogP contribution in [0.2, 0.25) is 0 Å². The summed E-state index contributed by atoms with van der Waals surface area (Å²) in [6.45, 7) is 3.42. The fourth-order valence-corrected chi connectivity index (χ4v) is 2.72. The minimum absolute atomic E-state index is 0.248. The maximum absolute atomic E-state index is 11.5. The fraction of sp³-hybridized carbons (Fsp3) is 0.200. The Labute approximate surface area is 108 Å². The summed E-state index contributed by atoms with van der Waals surface area (Å²) in [5, 5.41) is 0. The molecule has 1 unspecified atom stereocenters. The minimum Gasteiger partial charge on any atom is -0.354 e. The molecule has 4 N–H and O–H groups in total. The van der Waals surface area contributed by atoms with Gasteiger partial charge in [-0.05, 0) is 0 Å². The average Bonchev–Trinajstić information content (AvgIpc) is 2.73. The van der Waals surface area contributed by atoms with Crippen LogP contribution in [0.4, 0.5) is 5.69 Å². The molecule has 0 aromatic carbocycles. The van der Waals surface area contributed by atoms with Crippen molar-refractivity contribution in [2.45, 2.75) is 5.78 Å². The lowest BCUT2D eigenvalue weighted by Crippen LogP contribution is -2.29. The van der Waals surface area contributed by atoms with Crippen LogP contribution >= 0.6 is 7.60 Å². The van der Waals surface area contributed by atoms with E-state index in [-0.39, 0.29) is 11.1 Å². The molecule has 0 aliphatic carbocycles. The molecule has 2 rings (SSSR count). The third-order valence-electron chi connectivity index (χ3n) is 2.78. The van der Waals surface area contributed by atoms with Gasteiger partial charge in [-0.2, -0.15) is 0 Å². The molecule has 0 fully saturated rings. The fourth-order valence-electron chi connectivity index (χ4n) is 1.87. The van der Waals surface area contributed by atoms with Crippen molar-refractivity contribution >= 4 is 24.3 Å². The third kappa shape index (κ3) is 2.33. The third-order valence-corrected chi connectivity index (χ3v) is 4.03. The van der Waals surface area contributed by atoms with Gasteiger partial charge in [-0.15, -0.1) is 6.58 Å². The second-order valence-electron chi connectivity index (χ2n) is 3.98. The summed E-state index contributed by atoms with van der Waals surface area (Å²) in [7, 11) is -2.89. The summed E-state index contributed by atoms with van der Waals surface area (Å²) in [6, 6.07) is 0. The van der Waals surface area contributed by atoms with Crippen molar-refractivity contribution in [2.75, 3.05) is 11.9 Å². The Bertz CT molecular complexity index is 716. The standard InChI is InChI=1S/C10H13N4O4P/c1-3-7(19(16,17)18)14(2)6-4-11-9-8(6)12-5-13-10(9)15/h3-5,7,11H,1H2,2H3,(H,12,13,15)(H2,16,17,18). The van der Waals surface area contributed by atoms with Gasteiger partial charge in [0.2, 0.25) is 0 Å². The Balaban J connectivity index is 2.56. The van der Waals surface area contributed by atoms with Crippen LogP contribution in [0.3, 0.4) is 0 Å². The van der Waals surface area contributed by atoms with Crippen LogP contribution in [0.5, 0.6) is 0 Å². The molecule has 0 spiro atoms. The second-order valence-corrected chi connectivity index (χ2v) is 5.69. The zero-order valence-electron chi connectivity index (χ0n) is 10.1. The van der Waals surface area contributed by atoms with Gasteiger partial charge in [-0.3, -0.25) is 9.36 Å². The van der Waals surface area contributed by atoms with Crippen molar-refractivity contribution in [3.63, 3.8) is 0 Å². The van der Waals surface area contributed by atoms with Crippen LogP contribution in [0.1, 0.15) is 0 Å². The van der Waals surface area contributed by atoms with Gasteiger partial charge < -0.3 is 24.7 Å². The average molecular weight is 284 g/mol. The summed E-state index contributed by atoms with van der Waals surface area (Å²) in [5.74, 6) is -1.19. The number of fused-ring (bicyclic) bond motifs is 1. The first-order chi connectivity index (χ1) is 8.86. The van der Waals surface area contributed by atoms with E-state index >= 15 is 0 Å². The number of anilines is 1. The zero-order chi connectivity index (χ0) is 14.2. The molecule has 2 aromatic heterocycles. The Hall–Kier alpha value is -1.89. The van der Waals surface area contributed by atoms with Crippen LogP contribution in [-0.2, 0) is 4.57 Å². The number of nitrogens with one attached hydrogen (secondary N) is 2. The van der Waals surface area contributed by atoms with Crippen LogP contribution in [0.15, 0.2) is 30.0 Å². The van der Waals surface area contributed by atoms with E-state index in [1.54, 1.807) is 0 Å². The summed E-state index contributed by atoms with van der Waals surface area (Å²) < 4.78 is 11.4. The number of aromatic amines is 2. The highest BCUT2D eigenvalue weighted by Crippen LogP contribution is 2.45. The molecule has 0 amide bonds. The lowest BCUT2D eigenvalue weighted by atomic mass is 10.3. The van der Waals surface area contributed by atoms with E-state index in [0.29, 0.717) is 11.2 Å². The van der Waals surface area contributed by atoms with Gasteiger partial charge in [0.25, 0.3) is 5.56 Å². The topological polar surface area (TPSA) is 122 Å². The molecule has 0 aliphatic rings. The van der Waals surface area contributed by atoms with E-state index < -0.39 is 13.4 Å². The number of nitrogens with zero attached hydrogens (tertiary/aromatic N) is 2. The number of likely N-dealkylation sites (N-methyl/N-ethyl adjacent to an activating group) is 1. The number of hydrogen-bond acceptors (Lipinski definition) is 4. The zero-order valence-corrected chi connectivity index (χ0v) is 11.0. The van der Waals surface area contributed by atoms with Crippen molar-refractivity contribution in [3.8, 4) is 0 Å². The first kappa shape index (κ1) is 13.5. The maximum Gasteiger partial charge on any atom is 0.351 e. The molecule has 2 aromatic rings. The molecule has 8 nitrogen and oxygen atoms in total. The molecule has 1 atom stereocenters. The summed E-state index contributed by atoms with van der Waals surface area (Å²) in [5.41, 5.74) is 0.648. The molecule has 0 bridgehead atoms. The van der Waals surface area contributed by atoms with Crippen molar-refractivity contribution in [2.24, 2.45) is 0 Å². The lowest BCUT2D eigenvalue weighted by molar-refractivity contribution is 0.364. The maximum atomic E-state index is 11.5. The van der Waals surface area contributed by atoms with Crippen molar-refractivity contribution < 1.29 is 14.4 Å². The van der Waals surface area contributed by atoms with Gasteiger partial charge in [-0.25, -0.2) is 4.98 Å². The molecule has 9 heteroatoms. The molecule has 0 saturated carbocycles. The van der Waals surface area contributed by atoms with Crippen LogP contribution in [0.25, 0.3) is 11.0 Å². The number of rotatable bonds is 4. The monoisotopic (exact) mass is 284 g/mol. The number of hydrogen-bond donors (Lipinski definition) is 4. The van der Waals surface area contributed by atoms with E-state index in [9.17, 15) is 19.1 Å². The van der Waals surface area contributed by atoms with Crippen LogP contribution < -0.4 is 10.5 Å². The Morgan fingerprint density at radius 1 is 1.53 bits per heavy atom. The lowest BCUT2D eigenvalue weighted by Gasteiger charge is -2.26. The first-order valence-corrected chi connectivity index (χ1v) is 6.99. The van der Waals surface area contributed by atoms with Gasteiger partial charge >= 0.3 is 7.60 Å². The SMILES string of the molecule is C=CC(N(C)c1c[nH]c2c(=O)[nH]cnc12)P(=O)(O)O. The Kier molecular flexibility index (Phi) is 3.32. The highest BCUT2D eigenvalue weighted by Gasteiger charge is 2.31. The van der Waals surface area contributed by atoms with Gasteiger partial charge in [-0.1, -0.05) is 6.08 Å². The van der Waals surface area contributed by atoms with E-state index in [2.05, 4.69) is 21.5 Å². The van der Waals surface area contributed by atoms with Gasteiger partial charge in [0.05, 0.1) is 12.0 Å². The number of aromatic nitrogens is 3. The van der Waals surface area contributed by atoms with Gasteiger partial charge in [0, 0.05) is 13.2 Å². The van der Waals surface area contributed by atoms with Crippen LogP contribution in [-0.4, -0.2) is 37.6 Å². The molecule has 102 valence electrons. The van der Waals surface area contributed by atoms with Crippen molar-refractivity contribution in [1.29, 1.82) is 0 Å². The van der Waals surface area contributed by atoms with Crippen LogP contribution in [0, 0.1) is 0 Å². The van der Waals surface area contributed by atoms with E-state index in [0.717, 1.165) is 6.08 Å². The van der Waals surface area contributed by atoms with E-state index in [4.69, 9.17) is 0 Å². The Morgan fingerprint density at radius 2 is 2.21 bits per heavy atom. The molecule has 0 aliphatic heterocycles. The summed E-state index contributed by atoms with van der Waals surface area (Å²) in [6.07, 6.45) is 3.86. The van der Waals surface area contributed by atoms with Crippen molar-refractivity contribution in [3.05, 3.63) is 35.5 Å². The predicted octanol–water partition coefficient (Wildman–Crippen LogP) is 0.377. The van der Waals surface area contributed by atoms with Gasteiger partial charge in [0.15, 0.2) is 0 Å². The second kappa shape index (κ2) is 4.65. The molecule has 0 radical (unpaired) electrons. The Morgan fingerprint density at radius 3 is 2.79 bits per heavy atom. The van der Waals surface area contributed by atoms with Gasteiger partial charge in [0.1, 0.15) is 16.8 Å². The van der Waals surface area contributed by atoms with E-state index in [1.807, 2.05) is 0 Å². The normalized spacial score (nSPS) is 13.4. The van der Waals surface area contributed by atoms with E-state index in [1.165, 1.54) is 24.5 Å².